The van der Waals surface area contributed by atoms with Crippen LogP contribution in [0.25, 0.3) is 0 Å². The van der Waals surface area contributed by atoms with Crippen molar-refractivity contribution in [2.24, 2.45) is 35.5 Å². The van der Waals surface area contributed by atoms with Crippen LogP contribution in [0.3, 0.4) is 0 Å². The third kappa shape index (κ3) is 2.73. The van der Waals surface area contributed by atoms with Gasteiger partial charge in [-0.1, -0.05) is 47.5 Å². The zero-order valence-electron chi connectivity index (χ0n) is 16.2. The zero-order valence-corrected chi connectivity index (χ0v) is 17.7. The first-order chi connectivity index (χ1) is 15.0. The molecule has 4 aliphatic carbocycles. The van der Waals surface area contributed by atoms with Gasteiger partial charge in [-0.2, -0.15) is 0 Å². The molecule has 6 atom stereocenters. The molecule has 2 saturated carbocycles. The Hall–Kier alpha value is -2.63. The van der Waals surface area contributed by atoms with Crippen LogP contribution < -0.4 is 9.64 Å². The number of rotatable bonds is 3. The molecule has 2 aromatic carbocycles. The van der Waals surface area contributed by atoms with Gasteiger partial charge in [0.25, 0.3) is 0 Å². The molecule has 5 nitrogen and oxygen atoms in total. The Bertz CT molecular complexity index is 1160. The number of carbonyl (C=O) groups is 3. The molecule has 5 aliphatic rings. The molecular formula is C24H17Cl2NO4. The molecule has 0 N–H and O–H groups in total. The molecule has 7 rings (SSSR count). The zero-order chi connectivity index (χ0) is 21.4. The highest BCUT2D eigenvalue weighted by molar-refractivity contribution is 6.36. The minimum absolute atomic E-state index is 0.129. The number of benzene rings is 2. The fourth-order valence-electron chi connectivity index (χ4n) is 5.73. The van der Waals surface area contributed by atoms with Crippen LogP contribution in [0.4, 0.5) is 5.69 Å². The van der Waals surface area contributed by atoms with Gasteiger partial charge in [0.05, 0.1) is 28.1 Å². The fraction of sp³-hybridized carbons (Fsp3) is 0.292. The Balaban J connectivity index is 1.33. The van der Waals surface area contributed by atoms with Gasteiger partial charge in [0.2, 0.25) is 11.8 Å². The van der Waals surface area contributed by atoms with Gasteiger partial charge in [-0.25, -0.2) is 9.69 Å². The molecule has 3 fully saturated rings. The van der Waals surface area contributed by atoms with Crippen molar-refractivity contribution >= 4 is 46.7 Å². The van der Waals surface area contributed by atoms with Gasteiger partial charge in [-0.3, -0.25) is 9.59 Å². The Morgan fingerprint density at radius 2 is 1.58 bits per heavy atom. The van der Waals surface area contributed by atoms with E-state index in [4.69, 9.17) is 27.9 Å². The van der Waals surface area contributed by atoms with Crippen LogP contribution >= 0.6 is 23.2 Å². The van der Waals surface area contributed by atoms with Crippen molar-refractivity contribution in [1.29, 1.82) is 0 Å². The van der Waals surface area contributed by atoms with Crippen molar-refractivity contribution in [3.05, 3.63) is 70.2 Å². The average Bonchev–Trinajstić information content (AvgIpc) is 3.52. The van der Waals surface area contributed by atoms with Gasteiger partial charge in [-0.15, -0.1) is 0 Å². The van der Waals surface area contributed by atoms with Crippen molar-refractivity contribution in [1.82, 2.24) is 0 Å². The smallest absolute Gasteiger partial charge is 0.345 e. The minimum Gasteiger partial charge on any atom is -0.421 e. The molecule has 156 valence electrons. The van der Waals surface area contributed by atoms with Crippen LogP contribution in [-0.4, -0.2) is 17.8 Å². The third-order valence-electron chi connectivity index (χ3n) is 7.12. The summed E-state index contributed by atoms with van der Waals surface area (Å²) in [6.45, 7) is 0. The number of ether oxygens (including phenoxy) is 1. The van der Waals surface area contributed by atoms with Crippen LogP contribution in [0.2, 0.25) is 10.0 Å². The Kier molecular flexibility index (Phi) is 4.11. The summed E-state index contributed by atoms with van der Waals surface area (Å²) >= 11 is 12.0. The summed E-state index contributed by atoms with van der Waals surface area (Å²) in [5.74, 6) is -0.283. The third-order valence-corrected chi connectivity index (χ3v) is 7.67. The molecule has 2 aromatic rings. The number of nitrogens with zero attached hydrogens (tertiary/aromatic N) is 1. The van der Waals surface area contributed by atoms with E-state index >= 15 is 0 Å². The lowest BCUT2D eigenvalue weighted by Gasteiger charge is -2.37. The van der Waals surface area contributed by atoms with E-state index in [0.717, 1.165) is 6.42 Å². The largest absolute Gasteiger partial charge is 0.421 e. The SMILES string of the molecule is O=C(Oc1ccccc1N1C(=O)[C@@H]2[C@H]3C=C[C@@H]([C@@H]4C[C@H]34)[C@H]2C1=O)c1ccc(Cl)cc1Cl. The second-order valence-corrected chi connectivity index (χ2v) is 9.49. The summed E-state index contributed by atoms with van der Waals surface area (Å²) in [6, 6.07) is 11.1. The molecule has 0 radical (unpaired) electrons. The summed E-state index contributed by atoms with van der Waals surface area (Å²) in [4.78, 5) is 40.8. The number of anilines is 1. The second-order valence-electron chi connectivity index (χ2n) is 8.65. The van der Waals surface area contributed by atoms with E-state index in [1.165, 1.54) is 17.0 Å². The summed E-state index contributed by atoms with van der Waals surface area (Å²) < 4.78 is 5.59. The molecule has 31 heavy (non-hydrogen) atoms. The first-order valence-corrected chi connectivity index (χ1v) is 11.0. The Morgan fingerprint density at radius 3 is 2.23 bits per heavy atom. The highest BCUT2D eigenvalue weighted by atomic mass is 35.5. The number of hydrogen-bond donors (Lipinski definition) is 0. The molecular weight excluding hydrogens is 437 g/mol. The van der Waals surface area contributed by atoms with Crippen LogP contribution in [0.5, 0.6) is 5.75 Å². The van der Waals surface area contributed by atoms with E-state index in [1.807, 2.05) is 0 Å². The fourth-order valence-corrected chi connectivity index (χ4v) is 6.22. The molecule has 0 spiro atoms. The highest BCUT2D eigenvalue weighted by Crippen LogP contribution is 2.65. The number of carbonyl (C=O) groups excluding carboxylic acids is 3. The number of para-hydroxylation sites is 2. The molecule has 1 heterocycles. The maximum atomic E-state index is 13.4. The first kappa shape index (κ1) is 19.1. The van der Waals surface area contributed by atoms with Crippen molar-refractivity contribution in [3.63, 3.8) is 0 Å². The van der Waals surface area contributed by atoms with Gasteiger partial charge >= 0.3 is 5.97 Å². The number of imide groups is 1. The van der Waals surface area contributed by atoms with Crippen LogP contribution in [0, 0.1) is 35.5 Å². The maximum absolute atomic E-state index is 13.4. The predicted molar refractivity (Wildman–Crippen MR) is 115 cm³/mol. The van der Waals surface area contributed by atoms with Crippen LogP contribution in [0.15, 0.2) is 54.6 Å². The van der Waals surface area contributed by atoms with E-state index in [9.17, 15) is 14.4 Å². The lowest BCUT2D eigenvalue weighted by atomic mass is 9.63. The van der Waals surface area contributed by atoms with E-state index in [2.05, 4.69) is 12.2 Å². The number of halogens is 2. The number of amides is 2. The number of esters is 1. The standard InChI is InChI=1S/C24H17Cl2NO4/c25-11-5-6-14(17(26)9-11)24(30)31-19-4-2-1-3-18(19)27-22(28)20-12-7-8-13(16-10-15(12)16)21(20)23(27)29/h1-9,12-13,15-16,20-21H,10H2/t12-,13-,15-,16+,20+,21+/m0/s1. The summed E-state index contributed by atoms with van der Waals surface area (Å²) in [5.41, 5.74) is 0.439. The molecule has 0 unspecified atom stereocenters. The van der Waals surface area contributed by atoms with Crippen LogP contribution in [0.1, 0.15) is 16.8 Å². The topological polar surface area (TPSA) is 63.7 Å². The summed E-state index contributed by atoms with van der Waals surface area (Å²) in [7, 11) is 0. The lowest BCUT2D eigenvalue weighted by molar-refractivity contribution is -0.124. The van der Waals surface area contributed by atoms with Gasteiger partial charge in [0.15, 0.2) is 5.75 Å². The van der Waals surface area contributed by atoms with Crippen LogP contribution in [-0.2, 0) is 9.59 Å². The molecule has 1 aliphatic heterocycles. The van der Waals surface area contributed by atoms with Crippen molar-refractivity contribution in [2.45, 2.75) is 6.42 Å². The molecule has 7 heteroatoms. The van der Waals surface area contributed by atoms with Crippen molar-refractivity contribution in [2.75, 3.05) is 4.90 Å². The molecule has 2 bridgehead atoms. The van der Waals surface area contributed by atoms with E-state index < -0.39 is 5.97 Å². The normalized spacial score (nSPS) is 32.1. The monoisotopic (exact) mass is 453 g/mol. The lowest BCUT2D eigenvalue weighted by Crippen LogP contribution is -2.40. The number of hydrogen-bond acceptors (Lipinski definition) is 4. The van der Waals surface area contributed by atoms with E-state index in [0.29, 0.717) is 22.5 Å². The summed E-state index contributed by atoms with van der Waals surface area (Å²) in [5, 5.41) is 0.565. The first-order valence-electron chi connectivity index (χ1n) is 10.3. The van der Waals surface area contributed by atoms with Crippen molar-refractivity contribution in [3.8, 4) is 5.75 Å². The predicted octanol–water partition coefficient (Wildman–Crippen LogP) is 4.77. The average molecular weight is 454 g/mol. The van der Waals surface area contributed by atoms with Gasteiger partial charge < -0.3 is 4.74 Å². The van der Waals surface area contributed by atoms with Gasteiger partial charge in [-0.05, 0) is 60.4 Å². The van der Waals surface area contributed by atoms with E-state index in [-0.39, 0.29) is 51.8 Å². The van der Waals surface area contributed by atoms with Crippen molar-refractivity contribution < 1.29 is 19.1 Å². The number of allylic oxidation sites excluding steroid dienone is 2. The van der Waals surface area contributed by atoms with Gasteiger partial charge in [0.1, 0.15) is 0 Å². The van der Waals surface area contributed by atoms with Gasteiger partial charge in [0, 0.05) is 5.02 Å². The molecule has 1 saturated heterocycles. The molecule has 0 aromatic heterocycles. The Morgan fingerprint density at radius 1 is 0.935 bits per heavy atom. The summed E-state index contributed by atoms with van der Waals surface area (Å²) in [6.07, 6.45) is 5.36. The Labute approximate surface area is 188 Å². The maximum Gasteiger partial charge on any atom is 0.345 e. The molecule has 2 amide bonds. The minimum atomic E-state index is -0.686. The second kappa shape index (κ2) is 6.68. The highest BCUT2D eigenvalue weighted by Gasteiger charge is 2.67. The quantitative estimate of drug-likeness (QED) is 0.290. The van der Waals surface area contributed by atoms with E-state index in [1.54, 1.807) is 30.3 Å².